The molecule has 3 rings (SSSR count). The molecule has 1 aliphatic rings. The Morgan fingerprint density at radius 1 is 1.30 bits per heavy atom. The van der Waals surface area contributed by atoms with E-state index in [1.54, 1.807) is 18.4 Å². The quantitative estimate of drug-likeness (QED) is 0.471. The van der Waals surface area contributed by atoms with Crippen LogP contribution in [0, 0.1) is 0 Å². The van der Waals surface area contributed by atoms with Gasteiger partial charge in [-0.05, 0) is 56.7 Å². The van der Waals surface area contributed by atoms with Crippen LogP contribution in [0.2, 0.25) is 0 Å². The maximum absolute atomic E-state index is 6.05. The van der Waals surface area contributed by atoms with E-state index < -0.39 is 0 Å². The van der Waals surface area contributed by atoms with E-state index >= 15 is 0 Å². The number of aliphatic imine (C=N–C) groups is 1. The van der Waals surface area contributed by atoms with E-state index in [1.165, 1.54) is 31.2 Å². The molecule has 1 heterocycles. The van der Waals surface area contributed by atoms with Crippen molar-refractivity contribution >= 4 is 17.3 Å². The summed E-state index contributed by atoms with van der Waals surface area (Å²) in [4.78, 5) is 11.2. The second kappa shape index (κ2) is 11.3. The fourth-order valence-corrected chi connectivity index (χ4v) is 4.48. The highest BCUT2D eigenvalue weighted by atomic mass is 32.1. The Morgan fingerprint density at radius 2 is 2.03 bits per heavy atom. The molecule has 6 nitrogen and oxygen atoms in total. The molecule has 164 valence electrons. The number of hydrogen-bond donors (Lipinski definition) is 1. The zero-order valence-electron chi connectivity index (χ0n) is 18.6. The summed E-state index contributed by atoms with van der Waals surface area (Å²) < 4.78 is 11.4. The summed E-state index contributed by atoms with van der Waals surface area (Å²) in [7, 11) is 5.55. The van der Waals surface area contributed by atoms with Crippen molar-refractivity contribution in [1.82, 2.24) is 15.2 Å². The van der Waals surface area contributed by atoms with E-state index in [9.17, 15) is 0 Å². The number of methoxy groups -OCH3 is 1. The van der Waals surface area contributed by atoms with Gasteiger partial charge in [-0.1, -0.05) is 12.1 Å². The molecule has 1 atom stereocenters. The van der Waals surface area contributed by atoms with Crippen LogP contribution in [-0.2, 0) is 17.7 Å². The van der Waals surface area contributed by atoms with Gasteiger partial charge in [0, 0.05) is 33.1 Å². The average Bonchev–Trinajstić information content (AvgIpc) is 3.44. The fourth-order valence-electron chi connectivity index (χ4n) is 3.64. The second-order valence-corrected chi connectivity index (χ2v) is 8.69. The first-order valence-corrected chi connectivity index (χ1v) is 11.6. The van der Waals surface area contributed by atoms with E-state index in [0.717, 1.165) is 35.4 Å². The van der Waals surface area contributed by atoms with Crippen LogP contribution >= 0.6 is 11.3 Å². The third-order valence-corrected chi connectivity index (χ3v) is 6.52. The number of benzene rings is 1. The second-order valence-electron chi connectivity index (χ2n) is 7.80. The summed E-state index contributed by atoms with van der Waals surface area (Å²) >= 11 is 1.64. The standard InChI is InChI=1S/C23H34N4O2S/c1-17(28-4)22-26-19(16-30-22)15-27(3)23(24-2)25-14-13-18-9-11-21(12-10-18)29-20-7-5-6-8-20/h9-12,16-17,20H,5-8,13-15H2,1-4H3,(H,24,25). The summed E-state index contributed by atoms with van der Waals surface area (Å²) in [5.74, 6) is 1.85. The first kappa shape index (κ1) is 22.6. The number of ether oxygens (including phenoxy) is 2. The Kier molecular flexibility index (Phi) is 8.51. The van der Waals surface area contributed by atoms with E-state index in [-0.39, 0.29) is 6.10 Å². The molecular formula is C23H34N4O2S. The number of nitrogens with one attached hydrogen (secondary N) is 1. The number of nitrogens with zero attached hydrogens (tertiary/aromatic N) is 3. The topological polar surface area (TPSA) is 59.0 Å². The summed E-state index contributed by atoms with van der Waals surface area (Å²) in [5, 5.41) is 6.54. The predicted molar refractivity (Wildman–Crippen MR) is 123 cm³/mol. The maximum atomic E-state index is 6.05. The monoisotopic (exact) mass is 430 g/mol. The summed E-state index contributed by atoms with van der Waals surface area (Å²) in [6, 6.07) is 8.50. The van der Waals surface area contributed by atoms with Gasteiger partial charge in [0.05, 0.1) is 18.3 Å². The Morgan fingerprint density at radius 3 is 2.70 bits per heavy atom. The molecule has 0 radical (unpaired) electrons. The van der Waals surface area contributed by atoms with Gasteiger partial charge in [-0.3, -0.25) is 4.99 Å². The predicted octanol–water partition coefficient (Wildman–Crippen LogP) is 4.42. The molecule has 1 N–H and O–H groups in total. The maximum Gasteiger partial charge on any atom is 0.193 e. The minimum Gasteiger partial charge on any atom is -0.490 e. The van der Waals surface area contributed by atoms with Crippen molar-refractivity contribution in [1.29, 1.82) is 0 Å². The summed E-state index contributed by atoms with van der Waals surface area (Å²) in [5.41, 5.74) is 2.32. The zero-order chi connectivity index (χ0) is 21.3. The van der Waals surface area contributed by atoms with Crippen LogP contribution < -0.4 is 10.1 Å². The van der Waals surface area contributed by atoms with Crippen molar-refractivity contribution in [3.63, 3.8) is 0 Å². The SMILES string of the molecule is CN=C(NCCc1ccc(OC2CCCC2)cc1)N(C)Cc1csc(C(C)OC)n1. The Hall–Kier alpha value is -2.12. The first-order chi connectivity index (χ1) is 14.6. The molecular weight excluding hydrogens is 396 g/mol. The van der Waals surface area contributed by atoms with Crippen molar-refractivity contribution in [3.8, 4) is 5.75 Å². The van der Waals surface area contributed by atoms with Gasteiger partial charge in [-0.15, -0.1) is 11.3 Å². The minimum atomic E-state index is 0.0291. The van der Waals surface area contributed by atoms with Crippen LogP contribution in [0.3, 0.4) is 0 Å². The lowest BCUT2D eigenvalue weighted by atomic mass is 10.1. The minimum absolute atomic E-state index is 0.0291. The summed E-state index contributed by atoms with van der Waals surface area (Å²) in [6.07, 6.45) is 6.32. The number of guanidine groups is 1. The first-order valence-electron chi connectivity index (χ1n) is 10.7. The molecule has 1 aromatic heterocycles. The molecule has 7 heteroatoms. The number of aromatic nitrogens is 1. The van der Waals surface area contributed by atoms with Gasteiger partial charge < -0.3 is 19.7 Å². The molecule has 1 aromatic carbocycles. The molecule has 0 saturated heterocycles. The van der Waals surface area contributed by atoms with Crippen LogP contribution in [0.1, 0.15) is 55.0 Å². The molecule has 1 saturated carbocycles. The Labute approximate surface area is 184 Å². The van der Waals surface area contributed by atoms with Crippen molar-refractivity contribution in [2.45, 2.75) is 57.8 Å². The molecule has 0 aliphatic heterocycles. The average molecular weight is 431 g/mol. The van der Waals surface area contributed by atoms with Crippen LogP contribution in [0.4, 0.5) is 0 Å². The van der Waals surface area contributed by atoms with Crippen LogP contribution in [0.5, 0.6) is 5.75 Å². The van der Waals surface area contributed by atoms with Gasteiger partial charge in [-0.25, -0.2) is 4.98 Å². The van der Waals surface area contributed by atoms with Crippen LogP contribution in [0.25, 0.3) is 0 Å². The third kappa shape index (κ3) is 6.44. The lowest BCUT2D eigenvalue weighted by molar-refractivity contribution is 0.119. The van der Waals surface area contributed by atoms with Gasteiger partial charge in [0.1, 0.15) is 16.9 Å². The molecule has 30 heavy (non-hydrogen) atoms. The van der Waals surface area contributed by atoms with E-state index in [2.05, 4.69) is 49.8 Å². The molecule has 1 fully saturated rings. The number of rotatable bonds is 9. The lowest BCUT2D eigenvalue weighted by Gasteiger charge is -2.21. The van der Waals surface area contributed by atoms with E-state index in [0.29, 0.717) is 12.6 Å². The van der Waals surface area contributed by atoms with Gasteiger partial charge in [-0.2, -0.15) is 0 Å². The normalized spacial score (nSPS) is 15.9. The van der Waals surface area contributed by atoms with Gasteiger partial charge >= 0.3 is 0 Å². The molecule has 0 amide bonds. The Bertz CT molecular complexity index is 800. The molecule has 0 bridgehead atoms. The lowest BCUT2D eigenvalue weighted by Crippen LogP contribution is -2.39. The number of thiazole rings is 1. The van der Waals surface area contributed by atoms with Gasteiger partial charge in [0.25, 0.3) is 0 Å². The molecule has 1 aliphatic carbocycles. The third-order valence-electron chi connectivity index (χ3n) is 5.47. The smallest absolute Gasteiger partial charge is 0.193 e. The molecule has 2 aromatic rings. The fraction of sp³-hybridized carbons (Fsp3) is 0.565. The van der Waals surface area contributed by atoms with Crippen LogP contribution in [0.15, 0.2) is 34.6 Å². The number of hydrogen-bond acceptors (Lipinski definition) is 5. The molecule has 1 unspecified atom stereocenters. The summed E-state index contributed by atoms with van der Waals surface area (Å²) in [6.45, 7) is 3.54. The van der Waals surface area contributed by atoms with Crippen molar-refractivity contribution in [3.05, 3.63) is 45.9 Å². The van der Waals surface area contributed by atoms with Crippen LogP contribution in [-0.4, -0.2) is 49.7 Å². The largest absolute Gasteiger partial charge is 0.490 e. The van der Waals surface area contributed by atoms with Gasteiger partial charge in [0.2, 0.25) is 0 Å². The van der Waals surface area contributed by atoms with Crippen molar-refractivity contribution in [2.24, 2.45) is 4.99 Å². The highest BCUT2D eigenvalue weighted by Crippen LogP contribution is 2.24. The van der Waals surface area contributed by atoms with Crippen molar-refractivity contribution in [2.75, 3.05) is 27.7 Å². The van der Waals surface area contributed by atoms with Gasteiger partial charge in [0.15, 0.2) is 5.96 Å². The highest BCUT2D eigenvalue weighted by molar-refractivity contribution is 7.09. The van der Waals surface area contributed by atoms with E-state index in [1.807, 2.05) is 21.0 Å². The Balaban J connectivity index is 1.43. The molecule has 0 spiro atoms. The van der Waals surface area contributed by atoms with Crippen molar-refractivity contribution < 1.29 is 9.47 Å². The zero-order valence-corrected chi connectivity index (χ0v) is 19.4. The highest BCUT2D eigenvalue weighted by Gasteiger charge is 2.16. The van der Waals surface area contributed by atoms with E-state index in [4.69, 9.17) is 9.47 Å².